The zero-order valence-corrected chi connectivity index (χ0v) is 19.8. The number of allylic oxidation sites excluding steroid dienone is 10. The number of ether oxygens (including phenoxy) is 1. The van der Waals surface area contributed by atoms with Gasteiger partial charge in [0.1, 0.15) is 11.9 Å². The Hall–Kier alpha value is -2.79. The molecule has 3 N–H and O–H groups in total. The molecule has 1 heterocycles. The molecule has 0 aromatic rings. The van der Waals surface area contributed by atoms with E-state index in [-0.39, 0.29) is 17.8 Å². The number of aliphatic hydroxyl groups excluding tert-OH is 2. The molecule has 0 bridgehead atoms. The number of aliphatic hydroxyl groups is 2. The Kier molecular flexibility index (Phi) is 5.60. The van der Waals surface area contributed by atoms with Gasteiger partial charge in [-0.15, -0.1) is 0 Å². The molecule has 1 aliphatic heterocycles. The minimum Gasteiger partial charge on any atom is -0.508 e. The molecule has 178 valence electrons. The number of rotatable bonds is 5. The second kappa shape index (κ2) is 8.77. The highest BCUT2D eigenvalue weighted by Crippen LogP contribution is 2.54. The summed E-state index contributed by atoms with van der Waals surface area (Å²) < 4.78 is 6.04. The molecule has 5 aliphatic carbocycles. The highest BCUT2D eigenvalue weighted by Gasteiger charge is 2.44. The molecule has 0 amide bonds. The Morgan fingerprint density at radius 1 is 1.18 bits per heavy atom. The molecule has 5 heteroatoms. The largest absolute Gasteiger partial charge is 0.508 e. The molecule has 0 radical (unpaired) electrons. The van der Waals surface area contributed by atoms with Crippen LogP contribution in [0.3, 0.4) is 0 Å². The Balaban J connectivity index is 1.37. The van der Waals surface area contributed by atoms with E-state index in [0.717, 1.165) is 18.6 Å². The van der Waals surface area contributed by atoms with Crippen molar-refractivity contribution < 1.29 is 14.9 Å². The first-order chi connectivity index (χ1) is 16.6. The lowest BCUT2D eigenvalue weighted by atomic mass is 9.58. The van der Waals surface area contributed by atoms with E-state index in [9.17, 15) is 10.2 Å². The third-order valence-electron chi connectivity index (χ3n) is 8.21. The maximum atomic E-state index is 10.6. The number of hydrogen-bond acceptors (Lipinski definition) is 5. The van der Waals surface area contributed by atoms with Crippen LogP contribution in [0.15, 0.2) is 87.5 Å². The van der Waals surface area contributed by atoms with Crippen LogP contribution in [0.2, 0.25) is 0 Å². The van der Waals surface area contributed by atoms with Gasteiger partial charge in [0.25, 0.3) is 0 Å². The van der Waals surface area contributed by atoms with Crippen molar-refractivity contribution in [3.63, 3.8) is 0 Å². The minimum atomic E-state index is -0.807. The zero-order valence-electron chi connectivity index (χ0n) is 19.8. The molecule has 6 aliphatic rings. The van der Waals surface area contributed by atoms with Gasteiger partial charge in [-0.1, -0.05) is 42.9 Å². The third kappa shape index (κ3) is 3.70. The average Bonchev–Trinajstić information content (AvgIpc) is 2.85. The van der Waals surface area contributed by atoms with Gasteiger partial charge in [-0.3, -0.25) is 4.99 Å². The third-order valence-corrected chi connectivity index (χ3v) is 8.21. The molecule has 6 atom stereocenters. The first-order valence-electron chi connectivity index (χ1n) is 12.9. The summed E-state index contributed by atoms with van der Waals surface area (Å²) in [6, 6.07) is 0. The van der Waals surface area contributed by atoms with Crippen LogP contribution in [-0.4, -0.2) is 34.8 Å². The van der Waals surface area contributed by atoms with Crippen molar-refractivity contribution in [1.29, 1.82) is 0 Å². The van der Waals surface area contributed by atoms with Gasteiger partial charge in [-0.05, 0) is 79.2 Å². The molecule has 0 aromatic carbocycles. The number of nitrogens with one attached hydrogen (secondary N) is 1. The van der Waals surface area contributed by atoms with Crippen LogP contribution in [0, 0.1) is 23.7 Å². The van der Waals surface area contributed by atoms with Crippen molar-refractivity contribution in [3.05, 3.63) is 82.5 Å². The van der Waals surface area contributed by atoms with Crippen LogP contribution < -0.4 is 5.32 Å². The molecule has 0 saturated heterocycles. The smallest absolute Gasteiger partial charge is 0.190 e. The molecular weight excluding hydrogens is 424 g/mol. The zero-order chi connectivity index (χ0) is 23.2. The second-order valence-corrected chi connectivity index (χ2v) is 10.3. The summed E-state index contributed by atoms with van der Waals surface area (Å²) in [6.45, 7) is 2.72. The van der Waals surface area contributed by atoms with Crippen LogP contribution in [0.25, 0.3) is 0 Å². The molecule has 0 saturated carbocycles. The summed E-state index contributed by atoms with van der Waals surface area (Å²) in [4.78, 5) is 5.11. The second-order valence-electron chi connectivity index (χ2n) is 10.3. The van der Waals surface area contributed by atoms with E-state index >= 15 is 0 Å². The fourth-order valence-electron chi connectivity index (χ4n) is 6.65. The maximum absolute atomic E-state index is 10.6. The molecule has 6 rings (SSSR count). The van der Waals surface area contributed by atoms with E-state index in [1.54, 1.807) is 17.2 Å². The topological polar surface area (TPSA) is 74.1 Å². The standard InChI is InChI=1S/C29H34N2O3/c1-2-14-34-26-16-24(30-29(31-26)23-13-10-20(32)15-25(23)33)21-11-8-19-7-6-17-4-3-5-18-9-12-22(21)28(19)27(17)18/h5,9-13,15-16,19,22-23,25,28-29,31-33H,2-4,6-8,14H2,1H3. The summed E-state index contributed by atoms with van der Waals surface area (Å²) in [5, 5.41) is 23.8. The van der Waals surface area contributed by atoms with E-state index in [2.05, 4.69) is 36.5 Å². The summed E-state index contributed by atoms with van der Waals surface area (Å²) in [5.74, 6) is 2.10. The Labute approximate surface area is 201 Å². The van der Waals surface area contributed by atoms with Crippen LogP contribution in [0.1, 0.15) is 45.4 Å². The summed E-state index contributed by atoms with van der Waals surface area (Å²) in [7, 11) is 0. The van der Waals surface area contributed by atoms with Crippen molar-refractivity contribution in [1.82, 2.24) is 5.32 Å². The van der Waals surface area contributed by atoms with Gasteiger partial charge in [0.2, 0.25) is 0 Å². The van der Waals surface area contributed by atoms with E-state index in [1.165, 1.54) is 42.9 Å². The highest BCUT2D eigenvalue weighted by atomic mass is 16.5. The fourth-order valence-corrected chi connectivity index (χ4v) is 6.65. The van der Waals surface area contributed by atoms with Crippen LogP contribution in [-0.2, 0) is 4.74 Å². The minimum absolute atomic E-state index is 0.0906. The molecular formula is C29H34N2O3. The number of hydrogen-bond donors (Lipinski definition) is 3. The molecule has 5 nitrogen and oxygen atoms in total. The molecule has 6 unspecified atom stereocenters. The molecule has 0 aromatic heterocycles. The lowest BCUT2D eigenvalue weighted by Crippen LogP contribution is -2.44. The summed E-state index contributed by atoms with van der Waals surface area (Å²) >= 11 is 0. The van der Waals surface area contributed by atoms with Crippen molar-refractivity contribution in [2.75, 3.05) is 6.61 Å². The van der Waals surface area contributed by atoms with E-state index in [1.807, 2.05) is 12.2 Å². The highest BCUT2D eigenvalue weighted by molar-refractivity contribution is 6.10. The molecule has 0 spiro atoms. The van der Waals surface area contributed by atoms with Crippen molar-refractivity contribution in [2.24, 2.45) is 28.7 Å². The monoisotopic (exact) mass is 458 g/mol. The van der Waals surface area contributed by atoms with Gasteiger partial charge < -0.3 is 20.3 Å². The van der Waals surface area contributed by atoms with Crippen molar-refractivity contribution >= 4 is 5.71 Å². The lowest BCUT2D eigenvalue weighted by Gasteiger charge is -2.47. The average molecular weight is 459 g/mol. The number of nitrogens with zero attached hydrogens (tertiary/aromatic N) is 1. The number of aliphatic imine (C=N–C) groups is 1. The predicted octanol–water partition coefficient (Wildman–Crippen LogP) is 5.17. The van der Waals surface area contributed by atoms with E-state index in [4.69, 9.17) is 9.73 Å². The Morgan fingerprint density at radius 3 is 2.94 bits per heavy atom. The van der Waals surface area contributed by atoms with Gasteiger partial charge in [0, 0.05) is 17.9 Å². The van der Waals surface area contributed by atoms with Crippen LogP contribution >= 0.6 is 0 Å². The first kappa shape index (κ1) is 21.7. The lowest BCUT2D eigenvalue weighted by molar-refractivity contribution is 0.129. The SMILES string of the molecule is CCCOC1=CC(C2=CCC3CCC4=C5C(=CCC4)C=CC2C53)=NC(C2C=CC(O)=CC2O)N1. The Morgan fingerprint density at radius 2 is 2.09 bits per heavy atom. The normalized spacial score (nSPS) is 35.9. The Bertz CT molecular complexity index is 1120. The van der Waals surface area contributed by atoms with Gasteiger partial charge >= 0.3 is 0 Å². The van der Waals surface area contributed by atoms with Gasteiger partial charge in [0.15, 0.2) is 5.88 Å². The molecule has 34 heavy (non-hydrogen) atoms. The predicted molar refractivity (Wildman–Crippen MR) is 134 cm³/mol. The van der Waals surface area contributed by atoms with Gasteiger partial charge in [-0.25, -0.2) is 0 Å². The van der Waals surface area contributed by atoms with E-state index in [0.29, 0.717) is 30.2 Å². The quantitative estimate of drug-likeness (QED) is 0.531. The first-order valence-corrected chi connectivity index (χ1v) is 12.9. The summed E-state index contributed by atoms with van der Waals surface area (Å²) in [5.41, 5.74) is 7.02. The molecule has 0 fully saturated rings. The summed E-state index contributed by atoms with van der Waals surface area (Å²) in [6.07, 6.45) is 22.4. The van der Waals surface area contributed by atoms with Crippen molar-refractivity contribution in [2.45, 2.75) is 57.7 Å². The fraction of sp³-hybridized carbons (Fsp3) is 0.483. The van der Waals surface area contributed by atoms with Gasteiger partial charge in [0.05, 0.1) is 18.4 Å². The van der Waals surface area contributed by atoms with Crippen molar-refractivity contribution in [3.8, 4) is 0 Å². The van der Waals surface area contributed by atoms with Crippen LogP contribution in [0.5, 0.6) is 0 Å². The van der Waals surface area contributed by atoms with Crippen LogP contribution in [0.4, 0.5) is 0 Å². The van der Waals surface area contributed by atoms with Gasteiger partial charge in [-0.2, -0.15) is 0 Å². The van der Waals surface area contributed by atoms with E-state index < -0.39 is 6.10 Å². The maximum Gasteiger partial charge on any atom is 0.190 e.